The minimum Gasteiger partial charge on any atom is -0.472 e. The Bertz CT molecular complexity index is 462. The van der Waals surface area contributed by atoms with Gasteiger partial charge in [-0.05, 0) is 44.3 Å². The van der Waals surface area contributed by atoms with E-state index in [0.29, 0.717) is 0 Å². The van der Waals surface area contributed by atoms with Crippen LogP contribution >= 0.6 is 0 Å². The van der Waals surface area contributed by atoms with Crippen molar-refractivity contribution in [2.45, 2.75) is 19.5 Å². The van der Waals surface area contributed by atoms with Crippen molar-refractivity contribution in [1.82, 2.24) is 10.2 Å². The largest absolute Gasteiger partial charge is 0.472 e. The van der Waals surface area contributed by atoms with E-state index >= 15 is 0 Å². The maximum Gasteiger partial charge on any atom is 0.0947 e. The molecule has 0 radical (unpaired) electrons. The quantitative estimate of drug-likeness (QED) is 0.827. The first kappa shape index (κ1) is 13.8. The van der Waals surface area contributed by atoms with E-state index in [1.165, 1.54) is 16.7 Å². The van der Waals surface area contributed by atoms with E-state index < -0.39 is 0 Å². The van der Waals surface area contributed by atoms with Gasteiger partial charge in [0.05, 0.1) is 12.5 Å². The summed E-state index contributed by atoms with van der Waals surface area (Å²) < 4.78 is 5.09. The van der Waals surface area contributed by atoms with E-state index in [4.69, 9.17) is 4.42 Å². The maximum atomic E-state index is 5.09. The standard InChI is InChI=1S/C16H22N2O/c1-17-9-7-14-3-5-15(6-4-14)11-18(2)12-16-8-10-19-13-16/h3-6,8,10,13,17H,7,9,11-12H2,1-2H3. The predicted molar refractivity (Wildman–Crippen MR) is 78.0 cm³/mol. The second kappa shape index (κ2) is 7.12. The molecule has 0 saturated heterocycles. The van der Waals surface area contributed by atoms with Gasteiger partial charge in [0, 0.05) is 18.7 Å². The van der Waals surface area contributed by atoms with Crippen LogP contribution in [0.3, 0.4) is 0 Å². The molecule has 0 atom stereocenters. The SMILES string of the molecule is CNCCc1ccc(CN(C)Cc2ccoc2)cc1. The van der Waals surface area contributed by atoms with E-state index in [1.54, 1.807) is 12.5 Å². The van der Waals surface area contributed by atoms with Gasteiger partial charge < -0.3 is 9.73 Å². The molecule has 1 aromatic heterocycles. The molecule has 0 saturated carbocycles. The van der Waals surface area contributed by atoms with Gasteiger partial charge in [0.2, 0.25) is 0 Å². The van der Waals surface area contributed by atoms with Crippen molar-refractivity contribution >= 4 is 0 Å². The minimum atomic E-state index is 0.915. The van der Waals surface area contributed by atoms with E-state index in [2.05, 4.69) is 41.5 Å². The molecule has 0 amide bonds. The maximum absolute atomic E-state index is 5.09. The van der Waals surface area contributed by atoms with Crippen LogP contribution in [0.2, 0.25) is 0 Å². The third-order valence-electron chi connectivity index (χ3n) is 3.17. The molecule has 2 aromatic rings. The van der Waals surface area contributed by atoms with Crippen LogP contribution in [0.4, 0.5) is 0 Å². The van der Waals surface area contributed by atoms with Crippen LogP contribution in [0.5, 0.6) is 0 Å². The third-order valence-corrected chi connectivity index (χ3v) is 3.17. The molecular formula is C16H22N2O. The highest BCUT2D eigenvalue weighted by Gasteiger charge is 2.03. The molecule has 0 spiro atoms. The van der Waals surface area contributed by atoms with Crippen molar-refractivity contribution in [3.8, 4) is 0 Å². The smallest absolute Gasteiger partial charge is 0.0947 e. The third kappa shape index (κ3) is 4.54. The Hall–Kier alpha value is -1.58. The van der Waals surface area contributed by atoms with Gasteiger partial charge in [-0.1, -0.05) is 24.3 Å². The Morgan fingerprint density at radius 3 is 2.32 bits per heavy atom. The molecule has 3 heteroatoms. The van der Waals surface area contributed by atoms with Crippen LogP contribution in [0, 0.1) is 0 Å². The summed E-state index contributed by atoms with van der Waals surface area (Å²) in [6.45, 7) is 2.90. The zero-order valence-electron chi connectivity index (χ0n) is 11.7. The lowest BCUT2D eigenvalue weighted by Gasteiger charge is -2.15. The molecule has 0 fully saturated rings. The summed E-state index contributed by atoms with van der Waals surface area (Å²) in [5.41, 5.74) is 3.95. The Kier molecular flexibility index (Phi) is 5.19. The second-order valence-corrected chi connectivity index (χ2v) is 4.97. The fourth-order valence-corrected chi connectivity index (χ4v) is 2.14. The predicted octanol–water partition coefficient (Wildman–Crippen LogP) is 2.67. The van der Waals surface area contributed by atoms with Crippen LogP contribution in [0.25, 0.3) is 0 Å². The molecule has 0 unspecified atom stereocenters. The van der Waals surface area contributed by atoms with Crippen LogP contribution < -0.4 is 5.32 Å². The highest BCUT2D eigenvalue weighted by Crippen LogP contribution is 2.10. The zero-order chi connectivity index (χ0) is 13.5. The number of nitrogens with one attached hydrogen (secondary N) is 1. The number of nitrogens with zero attached hydrogens (tertiary/aromatic N) is 1. The first-order chi connectivity index (χ1) is 9.28. The van der Waals surface area contributed by atoms with Crippen LogP contribution in [0.15, 0.2) is 47.3 Å². The molecule has 0 aliphatic carbocycles. The number of hydrogen-bond acceptors (Lipinski definition) is 3. The molecule has 0 bridgehead atoms. The molecule has 1 heterocycles. The van der Waals surface area contributed by atoms with E-state index in [9.17, 15) is 0 Å². The molecule has 102 valence electrons. The lowest BCUT2D eigenvalue weighted by Crippen LogP contribution is -2.16. The summed E-state index contributed by atoms with van der Waals surface area (Å²) in [6, 6.07) is 10.9. The highest BCUT2D eigenvalue weighted by atomic mass is 16.3. The number of hydrogen-bond donors (Lipinski definition) is 1. The van der Waals surface area contributed by atoms with E-state index in [1.807, 2.05) is 13.1 Å². The van der Waals surface area contributed by atoms with Crippen LogP contribution in [0.1, 0.15) is 16.7 Å². The molecule has 0 aliphatic rings. The number of likely N-dealkylation sites (N-methyl/N-ethyl adjacent to an activating group) is 1. The number of rotatable bonds is 7. The Balaban J connectivity index is 1.84. The van der Waals surface area contributed by atoms with Gasteiger partial charge in [-0.2, -0.15) is 0 Å². The molecule has 1 aromatic carbocycles. The van der Waals surface area contributed by atoms with Gasteiger partial charge in [-0.25, -0.2) is 0 Å². The number of furan rings is 1. The van der Waals surface area contributed by atoms with Crippen LogP contribution in [-0.4, -0.2) is 25.5 Å². The molecule has 2 rings (SSSR count). The fraction of sp³-hybridized carbons (Fsp3) is 0.375. The molecule has 0 aliphatic heterocycles. The van der Waals surface area contributed by atoms with Gasteiger partial charge in [0.25, 0.3) is 0 Å². The van der Waals surface area contributed by atoms with Crippen molar-refractivity contribution in [3.05, 3.63) is 59.5 Å². The second-order valence-electron chi connectivity index (χ2n) is 4.97. The Labute approximate surface area is 115 Å². The normalized spacial score (nSPS) is 11.1. The van der Waals surface area contributed by atoms with Crippen molar-refractivity contribution < 1.29 is 4.42 Å². The van der Waals surface area contributed by atoms with E-state index in [0.717, 1.165) is 26.1 Å². The molecule has 3 nitrogen and oxygen atoms in total. The van der Waals surface area contributed by atoms with Gasteiger partial charge >= 0.3 is 0 Å². The van der Waals surface area contributed by atoms with Gasteiger partial charge in [0.15, 0.2) is 0 Å². The Morgan fingerprint density at radius 1 is 1.00 bits per heavy atom. The topological polar surface area (TPSA) is 28.4 Å². The summed E-state index contributed by atoms with van der Waals surface area (Å²) in [4.78, 5) is 2.29. The summed E-state index contributed by atoms with van der Waals surface area (Å²) in [5.74, 6) is 0. The van der Waals surface area contributed by atoms with Gasteiger partial charge in [0.1, 0.15) is 0 Å². The monoisotopic (exact) mass is 258 g/mol. The lowest BCUT2D eigenvalue weighted by molar-refractivity contribution is 0.318. The molecular weight excluding hydrogens is 236 g/mol. The lowest BCUT2D eigenvalue weighted by atomic mass is 10.1. The zero-order valence-corrected chi connectivity index (χ0v) is 11.7. The molecule has 19 heavy (non-hydrogen) atoms. The average molecular weight is 258 g/mol. The van der Waals surface area contributed by atoms with Crippen molar-refractivity contribution in [3.63, 3.8) is 0 Å². The molecule has 1 N–H and O–H groups in total. The first-order valence-electron chi connectivity index (χ1n) is 6.70. The summed E-state index contributed by atoms with van der Waals surface area (Å²) >= 11 is 0. The van der Waals surface area contributed by atoms with Gasteiger partial charge in [-0.3, -0.25) is 4.90 Å². The number of benzene rings is 1. The van der Waals surface area contributed by atoms with E-state index in [-0.39, 0.29) is 0 Å². The van der Waals surface area contributed by atoms with Crippen molar-refractivity contribution in [2.24, 2.45) is 0 Å². The first-order valence-corrected chi connectivity index (χ1v) is 6.70. The van der Waals surface area contributed by atoms with Crippen LogP contribution in [-0.2, 0) is 19.5 Å². The summed E-state index contributed by atoms with van der Waals surface area (Å²) in [6.07, 6.45) is 4.61. The summed E-state index contributed by atoms with van der Waals surface area (Å²) in [5, 5.41) is 3.17. The van der Waals surface area contributed by atoms with Crippen molar-refractivity contribution in [1.29, 1.82) is 0 Å². The fourth-order valence-electron chi connectivity index (χ4n) is 2.14. The highest BCUT2D eigenvalue weighted by molar-refractivity contribution is 5.22. The van der Waals surface area contributed by atoms with Gasteiger partial charge in [-0.15, -0.1) is 0 Å². The Morgan fingerprint density at radius 2 is 1.68 bits per heavy atom. The minimum absolute atomic E-state index is 0.915. The average Bonchev–Trinajstić information content (AvgIpc) is 2.90. The van der Waals surface area contributed by atoms with Crippen molar-refractivity contribution in [2.75, 3.05) is 20.6 Å². The summed E-state index contributed by atoms with van der Waals surface area (Å²) in [7, 11) is 4.11.